The van der Waals surface area contributed by atoms with Crippen molar-refractivity contribution in [2.45, 2.75) is 12.5 Å². The lowest BCUT2D eigenvalue weighted by Crippen LogP contribution is -2.21. The van der Waals surface area contributed by atoms with E-state index < -0.39 is 4.92 Å². The van der Waals surface area contributed by atoms with Gasteiger partial charge in [-0.1, -0.05) is 29.8 Å². The third-order valence-corrected chi connectivity index (χ3v) is 3.51. The lowest BCUT2D eigenvalue weighted by Gasteiger charge is -2.26. The van der Waals surface area contributed by atoms with Gasteiger partial charge < -0.3 is 10.1 Å². The molecule has 0 fully saturated rings. The number of nitrogens with one attached hydrogen (secondary N) is 1. The molecule has 0 amide bonds. The van der Waals surface area contributed by atoms with Gasteiger partial charge in [-0.25, -0.2) is 9.97 Å². The Kier molecular flexibility index (Phi) is 3.57. The summed E-state index contributed by atoms with van der Waals surface area (Å²) in [5, 5.41) is 14.0. The highest BCUT2D eigenvalue weighted by Gasteiger charge is 2.27. The Hall–Kier alpha value is -2.41. The summed E-state index contributed by atoms with van der Waals surface area (Å²) in [6.45, 7) is 0.529. The predicted octanol–water partition coefficient (Wildman–Crippen LogP) is 2.97. The van der Waals surface area contributed by atoms with Crippen molar-refractivity contribution >= 4 is 23.1 Å². The van der Waals surface area contributed by atoms with Crippen molar-refractivity contribution in [3.05, 3.63) is 51.4 Å². The molecule has 1 aromatic heterocycles. The third kappa shape index (κ3) is 2.59. The number of ether oxygens (including phenoxy) is 1. The maximum Gasteiger partial charge on any atom is 0.348 e. The topological polar surface area (TPSA) is 90.2 Å². The summed E-state index contributed by atoms with van der Waals surface area (Å²) in [6.07, 6.45) is 1.87. The molecule has 2 aromatic rings. The molecule has 7 nitrogen and oxygen atoms in total. The molecule has 1 aromatic carbocycles. The van der Waals surface area contributed by atoms with Gasteiger partial charge in [0, 0.05) is 12.0 Å². The van der Waals surface area contributed by atoms with Crippen LogP contribution in [0.3, 0.4) is 0 Å². The van der Waals surface area contributed by atoms with Crippen LogP contribution in [-0.4, -0.2) is 21.5 Å². The average Bonchev–Trinajstić information content (AvgIpc) is 2.47. The Balaban J connectivity index is 1.96. The van der Waals surface area contributed by atoms with Gasteiger partial charge in [0.25, 0.3) is 0 Å². The molecule has 1 N–H and O–H groups in total. The monoisotopic (exact) mass is 306 g/mol. The molecule has 21 heavy (non-hydrogen) atoms. The number of nitro groups is 1. The number of hydrogen-bond donors (Lipinski definition) is 1. The Morgan fingerprint density at radius 1 is 1.38 bits per heavy atom. The van der Waals surface area contributed by atoms with E-state index in [-0.39, 0.29) is 22.7 Å². The second-order valence-corrected chi connectivity index (χ2v) is 4.85. The predicted molar refractivity (Wildman–Crippen MR) is 76.6 cm³/mol. The first kappa shape index (κ1) is 13.6. The molecule has 1 aliphatic rings. The van der Waals surface area contributed by atoms with Gasteiger partial charge in [-0.3, -0.25) is 10.1 Å². The summed E-state index contributed by atoms with van der Waals surface area (Å²) < 4.78 is 5.56. The van der Waals surface area contributed by atoms with Gasteiger partial charge in [-0.2, -0.15) is 0 Å². The molecular formula is C13H11ClN4O3. The fourth-order valence-electron chi connectivity index (χ4n) is 2.28. The number of aromatic nitrogens is 2. The molecule has 8 heteroatoms. The Bertz CT molecular complexity index is 695. The zero-order chi connectivity index (χ0) is 14.8. The number of halogens is 1. The van der Waals surface area contributed by atoms with Crippen LogP contribution >= 0.6 is 11.6 Å². The van der Waals surface area contributed by atoms with Gasteiger partial charge >= 0.3 is 5.69 Å². The summed E-state index contributed by atoms with van der Waals surface area (Å²) in [5.74, 6) is 0.880. The fraction of sp³-hybridized carbons (Fsp3) is 0.231. The molecule has 1 aliphatic heterocycles. The van der Waals surface area contributed by atoms with Gasteiger partial charge in [0.15, 0.2) is 0 Å². The maximum atomic E-state index is 11.1. The van der Waals surface area contributed by atoms with Crippen LogP contribution in [0.5, 0.6) is 5.75 Å². The smallest absolute Gasteiger partial charge is 0.348 e. The number of nitrogens with zero attached hydrogens (tertiary/aromatic N) is 3. The van der Waals surface area contributed by atoms with Crippen molar-refractivity contribution in [3.8, 4) is 5.75 Å². The average molecular weight is 307 g/mol. The minimum atomic E-state index is -0.587. The van der Waals surface area contributed by atoms with Crippen molar-refractivity contribution in [2.75, 3.05) is 11.9 Å². The Morgan fingerprint density at radius 2 is 2.19 bits per heavy atom. The van der Waals surface area contributed by atoms with Gasteiger partial charge in [-0.05, 0) is 6.07 Å². The van der Waals surface area contributed by atoms with E-state index in [9.17, 15) is 10.1 Å². The lowest BCUT2D eigenvalue weighted by atomic mass is 10.0. The van der Waals surface area contributed by atoms with E-state index in [1.165, 1.54) is 6.33 Å². The molecule has 0 radical (unpaired) electrons. The first-order valence-corrected chi connectivity index (χ1v) is 6.68. The maximum absolute atomic E-state index is 11.1. The van der Waals surface area contributed by atoms with Gasteiger partial charge in [0.05, 0.1) is 17.6 Å². The Labute approximate surface area is 125 Å². The third-order valence-electron chi connectivity index (χ3n) is 3.23. The van der Waals surface area contributed by atoms with E-state index in [2.05, 4.69) is 15.3 Å². The highest BCUT2D eigenvalue weighted by Crippen LogP contribution is 2.36. The minimum Gasteiger partial charge on any atom is -0.493 e. The summed E-state index contributed by atoms with van der Waals surface area (Å²) in [6, 6.07) is 7.43. The number of benzene rings is 1. The molecule has 108 valence electrons. The SMILES string of the molecule is O=[N+]([O-])c1c(Cl)ncnc1NC1CCOc2ccccc21. The highest BCUT2D eigenvalue weighted by atomic mass is 35.5. The highest BCUT2D eigenvalue weighted by molar-refractivity contribution is 6.31. The number of para-hydroxylation sites is 1. The van der Waals surface area contributed by atoms with Crippen LogP contribution in [0.1, 0.15) is 18.0 Å². The van der Waals surface area contributed by atoms with Crippen LogP contribution in [0.4, 0.5) is 11.5 Å². The molecule has 1 unspecified atom stereocenters. The van der Waals surface area contributed by atoms with Crippen molar-refractivity contribution in [3.63, 3.8) is 0 Å². The number of fused-ring (bicyclic) bond motifs is 1. The van der Waals surface area contributed by atoms with Crippen molar-refractivity contribution in [1.29, 1.82) is 0 Å². The number of hydrogen-bond acceptors (Lipinski definition) is 6. The zero-order valence-corrected chi connectivity index (χ0v) is 11.6. The van der Waals surface area contributed by atoms with E-state index in [1.807, 2.05) is 24.3 Å². The largest absolute Gasteiger partial charge is 0.493 e. The van der Waals surface area contributed by atoms with Gasteiger partial charge in [-0.15, -0.1) is 0 Å². The van der Waals surface area contributed by atoms with Crippen LogP contribution in [-0.2, 0) is 0 Å². The van der Waals surface area contributed by atoms with E-state index >= 15 is 0 Å². The first-order valence-electron chi connectivity index (χ1n) is 6.30. The summed E-state index contributed by atoms with van der Waals surface area (Å²) in [4.78, 5) is 18.1. The molecule has 2 heterocycles. The van der Waals surface area contributed by atoms with Crippen molar-refractivity contribution in [2.24, 2.45) is 0 Å². The lowest BCUT2D eigenvalue weighted by molar-refractivity contribution is -0.384. The molecule has 0 aliphatic carbocycles. The zero-order valence-electron chi connectivity index (χ0n) is 10.8. The second-order valence-electron chi connectivity index (χ2n) is 4.49. The molecule has 0 saturated heterocycles. The molecular weight excluding hydrogens is 296 g/mol. The van der Waals surface area contributed by atoms with Crippen LogP contribution < -0.4 is 10.1 Å². The molecule has 0 bridgehead atoms. The number of rotatable bonds is 3. The molecule has 1 atom stereocenters. The normalized spacial score (nSPS) is 16.7. The molecule has 0 spiro atoms. The van der Waals surface area contributed by atoms with Crippen molar-refractivity contribution in [1.82, 2.24) is 9.97 Å². The van der Waals surface area contributed by atoms with Crippen LogP contribution in [0.15, 0.2) is 30.6 Å². The fourth-order valence-corrected chi connectivity index (χ4v) is 2.48. The second kappa shape index (κ2) is 5.53. The van der Waals surface area contributed by atoms with E-state index in [0.29, 0.717) is 13.0 Å². The Morgan fingerprint density at radius 3 is 3.00 bits per heavy atom. The van der Waals surface area contributed by atoms with Gasteiger partial charge in [0.2, 0.25) is 11.0 Å². The summed E-state index contributed by atoms with van der Waals surface area (Å²) >= 11 is 5.78. The van der Waals surface area contributed by atoms with Crippen LogP contribution in [0, 0.1) is 10.1 Å². The minimum absolute atomic E-state index is 0.113. The van der Waals surface area contributed by atoms with E-state index in [0.717, 1.165) is 11.3 Å². The summed E-state index contributed by atoms with van der Waals surface area (Å²) in [7, 11) is 0. The van der Waals surface area contributed by atoms with Crippen LogP contribution in [0.25, 0.3) is 0 Å². The van der Waals surface area contributed by atoms with Crippen molar-refractivity contribution < 1.29 is 9.66 Å². The standard InChI is InChI=1S/C13H11ClN4O3/c14-12-11(18(19)20)13(16-7-15-12)17-9-5-6-21-10-4-2-1-3-8(9)10/h1-4,7,9H,5-6H2,(H,15,16,17). The van der Waals surface area contributed by atoms with Gasteiger partial charge in [0.1, 0.15) is 12.1 Å². The molecule has 3 rings (SSSR count). The van der Waals surface area contributed by atoms with E-state index in [4.69, 9.17) is 16.3 Å². The first-order chi connectivity index (χ1) is 10.2. The quantitative estimate of drug-likeness (QED) is 0.532. The van der Waals surface area contributed by atoms with Crippen LogP contribution in [0.2, 0.25) is 5.15 Å². The number of anilines is 1. The van der Waals surface area contributed by atoms with E-state index in [1.54, 1.807) is 0 Å². The summed E-state index contributed by atoms with van der Waals surface area (Å²) in [5.41, 5.74) is 0.621. The molecule has 0 saturated carbocycles.